The van der Waals surface area contributed by atoms with Crippen molar-refractivity contribution in [2.75, 3.05) is 34.3 Å². The molecule has 0 saturated heterocycles. The lowest BCUT2D eigenvalue weighted by atomic mass is 9.83. The van der Waals surface area contributed by atoms with Crippen LogP contribution in [0, 0.1) is 17.8 Å². The molecule has 1 rings (SSSR count). The van der Waals surface area contributed by atoms with E-state index in [0.717, 1.165) is 24.3 Å². The van der Waals surface area contributed by atoms with Crippen LogP contribution in [0.3, 0.4) is 0 Å². The average molecular weight is 297 g/mol. The fourth-order valence-corrected chi connectivity index (χ4v) is 2.90. The van der Waals surface area contributed by atoms with Gasteiger partial charge in [-0.2, -0.15) is 0 Å². The molecule has 5 nitrogen and oxygen atoms in total. The van der Waals surface area contributed by atoms with Gasteiger partial charge in [-0.05, 0) is 24.7 Å². The molecule has 122 valence electrons. The largest absolute Gasteiger partial charge is 0.469 e. The second-order valence-electron chi connectivity index (χ2n) is 6.36. The van der Waals surface area contributed by atoms with Crippen LogP contribution >= 0.6 is 0 Å². The van der Waals surface area contributed by atoms with Gasteiger partial charge in [-0.3, -0.25) is 9.79 Å². The van der Waals surface area contributed by atoms with E-state index in [1.165, 1.54) is 32.8 Å². The first kappa shape index (κ1) is 17.8. The summed E-state index contributed by atoms with van der Waals surface area (Å²) < 4.78 is 4.74. The number of hydrogen-bond donors (Lipinski definition) is 1. The van der Waals surface area contributed by atoms with Crippen molar-refractivity contribution in [2.45, 2.75) is 39.5 Å². The summed E-state index contributed by atoms with van der Waals surface area (Å²) in [6, 6.07) is 0. The van der Waals surface area contributed by atoms with E-state index in [0.29, 0.717) is 6.54 Å². The Morgan fingerprint density at radius 1 is 1.38 bits per heavy atom. The number of carbonyl (C=O) groups is 1. The van der Waals surface area contributed by atoms with E-state index < -0.39 is 0 Å². The molecule has 0 aromatic rings. The van der Waals surface area contributed by atoms with Crippen molar-refractivity contribution in [1.29, 1.82) is 0 Å². The minimum atomic E-state index is -0.193. The van der Waals surface area contributed by atoms with Gasteiger partial charge in [0.2, 0.25) is 0 Å². The number of ether oxygens (including phenoxy) is 1. The van der Waals surface area contributed by atoms with Crippen molar-refractivity contribution in [1.82, 2.24) is 10.2 Å². The lowest BCUT2D eigenvalue weighted by Gasteiger charge is -2.31. The Morgan fingerprint density at radius 3 is 2.52 bits per heavy atom. The van der Waals surface area contributed by atoms with E-state index >= 15 is 0 Å². The van der Waals surface area contributed by atoms with Crippen molar-refractivity contribution in [3.05, 3.63) is 0 Å². The van der Waals surface area contributed by atoms with Gasteiger partial charge in [-0.1, -0.05) is 26.7 Å². The molecule has 1 atom stereocenters. The summed E-state index contributed by atoms with van der Waals surface area (Å²) in [6.45, 7) is 5.77. The monoisotopic (exact) mass is 297 g/mol. The molecule has 0 heterocycles. The molecule has 0 amide bonds. The van der Waals surface area contributed by atoms with E-state index in [-0.39, 0.29) is 11.9 Å². The highest BCUT2D eigenvalue weighted by atomic mass is 16.5. The van der Waals surface area contributed by atoms with Crippen molar-refractivity contribution in [2.24, 2.45) is 22.7 Å². The van der Waals surface area contributed by atoms with E-state index in [9.17, 15) is 4.79 Å². The van der Waals surface area contributed by atoms with Gasteiger partial charge >= 0.3 is 5.97 Å². The summed E-state index contributed by atoms with van der Waals surface area (Å²) in [6.07, 6.45) is 5.29. The quantitative estimate of drug-likeness (QED) is 0.480. The smallest absolute Gasteiger partial charge is 0.310 e. The molecule has 21 heavy (non-hydrogen) atoms. The van der Waals surface area contributed by atoms with Gasteiger partial charge in [-0.15, -0.1) is 0 Å². The number of nitrogens with one attached hydrogen (secondary N) is 1. The van der Waals surface area contributed by atoms with Crippen molar-refractivity contribution in [3.8, 4) is 0 Å². The molecule has 1 N–H and O–H groups in total. The molecule has 1 unspecified atom stereocenters. The normalized spacial score (nSPS) is 24.3. The number of hydrogen-bond acceptors (Lipinski definition) is 3. The Labute approximate surface area is 129 Å². The Morgan fingerprint density at radius 2 is 2.00 bits per heavy atom. The molecule has 1 aliphatic carbocycles. The molecule has 0 aromatic carbocycles. The maximum absolute atomic E-state index is 11.4. The summed E-state index contributed by atoms with van der Waals surface area (Å²) in [7, 11) is 5.27. The van der Waals surface area contributed by atoms with Crippen molar-refractivity contribution in [3.63, 3.8) is 0 Å². The Kier molecular flexibility index (Phi) is 7.54. The number of aliphatic imine (C=N–C) groups is 1. The maximum Gasteiger partial charge on any atom is 0.310 e. The van der Waals surface area contributed by atoms with Gasteiger partial charge in [0.15, 0.2) is 5.96 Å². The van der Waals surface area contributed by atoms with Gasteiger partial charge in [0.25, 0.3) is 0 Å². The molecule has 5 heteroatoms. The predicted octanol–water partition coefficient (Wildman–Crippen LogP) is 2.13. The summed E-state index contributed by atoms with van der Waals surface area (Å²) in [5.74, 6) is 2.12. The standard InChI is InChI=1S/C16H31N3O2/c1-12-6-8-14(9-7-12)11-19(4)16(17-3)18-10-13(2)15(20)21-5/h12-14H,6-11H2,1-5H3,(H,17,18). The van der Waals surface area contributed by atoms with Crippen LogP contribution in [0.1, 0.15) is 39.5 Å². The molecule has 1 saturated carbocycles. The molecule has 1 aliphatic rings. The zero-order chi connectivity index (χ0) is 15.8. The molecule has 0 spiro atoms. The van der Waals surface area contributed by atoms with E-state index in [2.05, 4.69) is 29.2 Å². The topological polar surface area (TPSA) is 53.9 Å². The zero-order valence-electron chi connectivity index (χ0n) is 14.2. The highest BCUT2D eigenvalue weighted by Crippen LogP contribution is 2.28. The van der Waals surface area contributed by atoms with Crippen LogP contribution in [0.5, 0.6) is 0 Å². The minimum Gasteiger partial charge on any atom is -0.469 e. The fraction of sp³-hybridized carbons (Fsp3) is 0.875. The second-order valence-corrected chi connectivity index (χ2v) is 6.36. The van der Waals surface area contributed by atoms with Crippen LogP contribution in [0.2, 0.25) is 0 Å². The molecule has 0 radical (unpaired) electrons. The third kappa shape index (κ3) is 5.94. The number of guanidine groups is 1. The third-order valence-corrected chi connectivity index (χ3v) is 4.41. The number of rotatable bonds is 5. The van der Waals surface area contributed by atoms with Gasteiger partial charge in [0.05, 0.1) is 13.0 Å². The van der Waals surface area contributed by atoms with Gasteiger partial charge < -0.3 is 15.0 Å². The first-order chi connectivity index (χ1) is 9.97. The number of esters is 1. The van der Waals surface area contributed by atoms with E-state index in [1.807, 2.05) is 6.92 Å². The fourth-order valence-electron chi connectivity index (χ4n) is 2.90. The van der Waals surface area contributed by atoms with Crippen LogP contribution in [-0.4, -0.2) is 51.1 Å². The summed E-state index contributed by atoms with van der Waals surface area (Å²) >= 11 is 0. The first-order valence-corrected chi connectivity index (χ1v) is 7.97. The Bertz CT molecular complexity index is 349. The average Bonchev–Trinajstić information content (AvgIpc) is 2.49. The highest BCUT2D eigenvalue weighted by molar-refractivity contribution is 5.80. The first-order valence-electron chi connectivity index (χ1n) is 7.97. The molecule has 0 aliphatic heterocycles. The number of nitrogens with zero attached hydrogens (tertiary/aromatic N) is 2. The van der Waals surface area contributed by atoms with Crippen LogP contribution in [0.4, 0.5) is 0 Å². The second kappa shape index (κ2) is 8.90. The van der Waals surface area contributed by atoms with Crippen LogP contribution in [-0.2, 0) is 9.53 Å². The minimum absolute atomic E-state index is 0.171. The maximum atomic E-state index is 11.4. The molecule has 0 aromatic heterocycles. The number of carbonyl (C=O) groups excluding carboxylic acids is 1. The SMILES string of the molecule is CN=C(NCC(C)C(=O)OC)N(C)CC1CCC(C)CC1. The lowest BCUT2D eigenvalue weighted by molar-refractivity contribution is -0.144. The van der Waals surface area contributed by atoms with Gasteiger partial charge in [0, 0.05) is 27.2 Å². The van der Waals surface area contributed by atoms with Crippen molar-refractivity contribution < 1.29 is 9.53 Å². The number of methoxy groups -OCH3 is 1. The Hall–Kier alpha value is -1.26. The molecule has 1 fully saturated rings. The zero-order valence-corrected chi connectivity index (χ0v) is 14.2. The van der Waals surface area contributed by atoms with E-state index in [4.69, 9.17) is 4.74 Å². The molecular weight excluding hydrogens is 266 g/mol. The molecule has 0 bridgehead atoms. The Balaban J connectivity index is 2.39. The third-order valence-electron chi connectivity index (χ3n) is 4.41. The van der Waals surface area contributed by atoms with Crippen LogP contribution < -0.4 is 5.32 Å². The van der Waals surface area contributed by atoms with Crippen LogP contribution in [0.25, 0.3) is 0 Å². The highest BCUT2D eigenvalue weighted by Gasteiger charge is 2.21. The van der Waals surface area contributed by atoms with E-state index in [1.54, 1.807) is 7.05 Å². The summed E-state index contributed by atoms with van der Waals surface area (Å²) in [5.41, 5.74) is 0. The van der Waals surface area contributed by atoms with Crippen LogP contribution in [0.15, 0.2) is 4.99 Å². The summed E-state index contributed by atoms with van der Waals surface area (Å²) in [5, 5.41) is 3.26. The van der Waals surface area contributed by atoms with Gasteiger partial charge in [-0.25, -0.2) is 0 Å². The van der Waals surface area contributed by atoms with Gasteiger partial charge in [0.1, 0.15) is 0 Å². The molecular formula is C16H31N3O2. The lowest BCUT2D eigenvalue weighted by Crippen LogP contribution is -2.44. The predicted molar refractivity (Wildman–Crippen MR) is 86.3 cm³/mol. The van der Waals surface area contributed by atoms with Crippen molar-refractivity contribution >= 4 is 11.9 Å². The summed E-state index contributed by atoms with van der Waals surface area (Å²) in [4.78, 5) is 17.9.